The van der Waals surface area contributed by atoms with E-state index in [1.54, 1.807) is 25.6 Å². The minimum Gasteiger partial charge on any atom is -0.459 e. The van der Waals surface area contributed by atoms with Crippen LogP contribution in [0.3, 0.4) is 0 Å². The summed E-state index contributed by atoms with van der Waals surface area (Å²) < 4.78 is 11.1. The van der Waals surface area contributed by atoms with Crippen molar-refractivity contribution in [2.45, 2.75) is 37.9 Å². The first-order valence-corrected chi connectivity index (χ1v) is 7.86. The predicted octanol–water partition coefficient (Wildman–Crippen LogP) is 3.26. The number of carbonyl (C=O) groups excluding carboxylic acids is 1. The Morgan fingerprint density at radius 1 is 1.13 bits per heavy atom. The number of carbonyl (C=O) groups is 1. The number of benzene rings is 1. The molecule has 1 saturated carbocycles. The Morgan fingerprint density at radius 2 is 1.87 bits per heavy atom. The molecule has 1 heterocycles. The summed E-state index contributed by atoms with van der Waals surface area (Å²) in [4.78, 5) is 20.6. The van der Waals surface area contributed by atoms with Crippen molar-refractivity contribution in [1.82, 2.24) is 9.97 Å². The molecule has 2 aromatic rings. The van der Waals surface area contributed by atoms with E-state index in [-0.39, 0.29) is 18.2 Å². The van der Waals surface area contributed by atoms with Gasteiger partial charge in [0.25, 0.3) is 0 Å². The van der Waals surface area contributed by atoms with Gasteiger partial charge in [-0.3, -0.25) is 0 Å². The van der Waals surface area contributed by atoms with Crippen molar-refractivity contribution >= 4 is 5.97 Å². The molecule has 0 amide bonds. The molecule has 1 aromatic carbocycles. The van der Waals surface area contributed by atoms with Gasteiger partial charge in [0.2, 0.25) is 0 Å². The zero-order chi connectivity index (χ0) is 16.1. The molecule has 5 nitrogen and oxygen atoms in total. The number of rotatable bonds is 4. The molecule has 0 spiro atoms. The van der Waals surface area contributed by atoms with E-state index < -0.39 is 0 Å². The molecule has 1 fully saturated rings. The van der Waals surface area contributed by atoms with E-state index >= 15 is 0 Å². The molecule has 120 valence electrons. The number of methoxy groups -OCH3 is 1. The second kappa shape index (κ2) is 7.33. The summed E-state index contributed by atoms with van der Waals surface area (Å²) in [5, 5.41) is 0. The highest BCUT2D eigenvalue weighted by molar-refractivity contribution is 5.97. The Kier molecular flexibility index (Phi) is 4.98. The Bertz CT molecular complexity index is 660. The SMILES string of the molecule is CO[C@H]1CCC[C@H](OC(=O)c2ccccc2-c2cncnc2)C1. The number of aromatic nitrogens is 2. The third-order valence-electron chi connectivity index (χ3n) is 4.20. The molecule has 0 saturated heterocycles. The van der Waals surface area contributed by atoms with Crippen molar-refractivity contribution in [2.24, 2.45) is 0 Å². The minimum atomic E-state index is -0.300. The van der Waals surface area contributed by atoms with Gasteiger partial charge in [-0.05, 0) is 30.9 Å². The number of esters is 1. The van der Waals surface area contributed by atoms with Crippen LogP contribution in [0.1, 0.15) is 36.0 Å². The van der Waals surface area contributed by atoms with Crippen molar-refractivity contribution < 1.29 is 14.3 Å². The van der Waals surface area contributed by atoms with Gasteiger partial charge in [-0.15, -0.1) is 0 Å². The van der Waals surface area contributed by atoms with E-state index in [9.17, 15) is 4.79 Å². The zero-order valence-corrected chi connectivity index (χ0v) is 13.1. The number of nitrogens with zero attached hydrogens (tertiary/aromatic N) is 2. The fourth-order valence-corrected chi connectivity index (χ4v) is 2.99. The highest BCUT2D eigenvalue weighted by Crippen LogP contribution is 2.27. The maximum atomic E-state index is 12.6. The van der Waals surface area contributed by atoms with Gasteiger partial charge >= 0.3 is 5.97 Å². The fraction of sp³-hybridized carbons (Fsp3) is 0.389. The average molecular weight is 312 g/mol. The number of hydrogen-bond acceptors (Lipinski definition) is 5. The minimum absolute atomic E-state index is 0.0821. The summed E-state index contributed by atoms with van der Waals surface area (Å²) in [5.74, 6) is -0.300. The van der Waals surface area contributed by atoms with Crippen molar-refractivity contribution in [1.29, 1.82) is 0 Å². The van der Waals surface area contributed by atoms with E-state index in [0.29, 0.717) is 5.56 Å². The Labute approximate surface area is 135 Å². The first-order chi connectivity index (χ1) is 11.3. The van der Waals surface area contributed by atoms with Crippen LogP contribution in [0.15, 0.2) is 43.0 Å². The molecule has 3 rings (SSSR count). The van der Waals surface area contributed by atoms with Crippen molar-refractivity contribution in [3.63, 3.8) is 0 Å². The normalized spacial score (nSPS) is 20.9. The summed E-state index contributed by atoms with van der Waals surface area (Å²) >= 11 is 0. The molecular weight excluding hydrogens is 292 g/mol. The van der Waals surface area contributed by atoms with Crippen LogP contribution >= 0.6 is 0 Å². The smallest absolute Gasteiger partial charge is 0.339 e. The number of hydrogen-bond donors (Lipinski definition) is 0. The van der Waals surface area contributed by atoms with E-state index in [2.05, 4.69) is 9.97 Å². The third kappa shape index (κ3) is 3.74. The van der Waals surface area contributed by atoms with Crippen LogP contribution < -0.4 is 0 Å². The Morgan fingerprint density at radius 3 is 2.65 bits per heavy atom. The summed E-state index contributed by atoms with van der Waals surface area (Å²) in [6, 6.07) is 7.39. The van der Waals surface area contributed by atoms with Gasteiger partial charge in [0.15, 0.2) is 0 Å². The van der Waals surface area contributed by atoms with Crippen LogP contribution in [0.25, 0.3) is 11.1 Å². The standard InChI is InChI=1S/C18H20N2O3/c1-22-14-5-4-6-15(9-14)23-18(21)17-8-3-2-7-16(17)13-10-19-12-20-11-13/h2-3,7-8,10-12,14-15H,4-6,9H2,1H3/t14-,15-/m0/s1. The topological polar surface area (TPSA) is 61.3 Å². The van der Waals surface area contributed by atoms with Gasteiger partial charge in [-0.2, -0.15) is 0 Å². The monoisotopic (exact) mass is 312 g/mol. The third-order valence-corrected chi connectivity index (χ3v) is 4.20. The quantitative estimate of drug-likeness (QED) is 0.811. The lowest BCUT2D eigenvalue weighted by atomic mass is 9.94. The molecule has 0 radical (unpaired) electrons. The largest absolute Gasteiger partial charge is 0.459 e. The Hall–Kier alpha value is -2.27. The van der Waals surface area contributed by atoms with Gasteiger partial charge in [0.05, 0.1) is 11.7 Å². The maximum absolute atomic E-state index is 12.6. The van der Waals surface area contributed by atoms with E-state index in [4.69, 9.17) is 9.47 Å². The second-order valence-electron chi connectivity index (χ2n) is 5.72. The summed E-state index contributed by atoms with van der Waals surface area (Å²) in [5.41, 5.74) is 2.14. The van der Waals surface area contributed by atoms with E-state index in [1.807, 2.05) is 18.2 Å². The van der Waals surface area contributed by atoms with Crippen LogP contribution in [0.4, 0.5) is 0 Å². The van der Waals surface area contributed by atoms with Crippen molar-refractivity contribution in [2.75, 3.05) is 7.11 Å². The lowest BCUT2D eigenvalue weighted by Gasteiger charge is -2.28. The van der Waals surface area contributed by atoms with Gasteiger partial charge in [-0.25, -0.2) is 14.8 Å². The molecule has 0 N–H and O–H groups in total. The zero-order valence-electron chi connectivity index (χ0n) is 13.1. The molecule has 2 atom stereocenters. The van der Waals surface area contributed by atoms with Crippen LogP contribution in [0.5, 0.6) is 0 Å². The van der Waals surface area contributed by atoms with Crippen LogP contribution in [-0.4, -0.2) is 35.3 Å². The lowest BCUT2D eigenvalue weighted by molar-refractivity contribution is -0.0148. The molecule has 1 aliphatic carbocycles. The highest BCUT2D eigenvalue weighted by atomic mass is 16.5. The maximum Gasteiger partial charge on any atom is 0.339 e. The summed E-state index contributed by atoms with van der Waals surface area (Å²) in [6.07, 6.45) is 8.66. The summed E-state index contributed by atoms with van der Waals surface area (Å²) in [6.45, 7) is 0. The van der Waals surface area contributed by atoms with Gasteiger partial charge in [0, 0.05) is 31.5 Å². The molecule has 0 aliphatic heterocycles. The second-order valence-corrected chi connectivity index (χ2v) is 5.72. The first kappa shape index (κ1) is 15.6. The lowest BCUT2D eigenvalue weighted by Crippen LogP contribution is -2.29. The molecular formula is C18H20N2O3. The fourth-order valence-electron chi connectivity index (χ4n) is 2.99. The summed E-state index contributed by atoms with van der Waals surface area (Å²) in [7, 11) is 1.71. The van der Waals surface area contributed by atoms with Gasteiger partial charge in [0.1, 0.15) is 12.4 Å². The van der Waals surface area contributed by atoms with E-state index in [0.717, 1.165) is 36.8 Å². The van der Waals surface area contributed by atoms with Crippen molar-refractivity contribution in [3.8, 4) is 11.1 Å². The highest BCUT2D eigenvalue weighted by Gasteiger charge is 2.26. The first-order valence-electron chi connectivity index (χ1n) is 7.86. The molecule has 0 unspecified atom stereocenters. The van der Waals surface area contributed by atoms with Gasteiger partial charge in [-0.1, -0.05) is 18.2 Å². The van der Waals surface area contributed by atoms with Crippen LogP contribution in [0.2, 0.25) is 0 Å². The molecule has 0 bridgehead atoms. The molecule has 1 aromatic heterocycles. The Balaban J connectivity index is 1.78. The van der Waals surface area contributed by atoms with Gasteiger partial charge < -0.3 is 9.47 Å². The number of ether oxygens (including phenoxy) is 2. The average Bonchev–Trinajstić information content (AvgIpc) is 2.62. The van der Waals surface area contributed by atoms with Crippen molar-refractivity contribution in [3.05, 3.63) is 48.5 Å². The van der Waals surface area contributed by atoms with E-state index in [1.165, 1.54) is 6.33 Å². The van der Waals surface area contributed by atoms with Crippen LogP contribution in [-0.2, 0) is 9.47 Å². The molecule has 1 aliphatic rings. The molecule has 23 heavy (non-hydrogen) atoms. The predicted molar refractivity (Wildman–Crippen MR) is 85.9 cm³/mol. The molecule has 5 heteroatoms. The van der Waals surface area contributed by atoms with Crippen LogP contribution in [0, 0.1) is 0 Å².